The lowest BCUT2D eigenvalue weighted by atomic mass is 10.1. The van der Waals surface area contributed by atoms with Gasteiger partial charge in [-0.3, -0.25) is 19.3 Å². The summed E-state index contributed by atoms with van der Waals surface area (Å²) in [6.45, 7) is 11.2. The number of hydrogen-bond acceptors (Lipinski definition) is 4. The van der Waals surface area contributed by atoms with E-state index in [2.05, 4.69) is 11.8 Å². The van der Waals surface area contributed by atoms with Crippen molar-refractivity contribution in [3.63, 3.8) is 0 Å². The van der Waals surface area contributed by atoms with E-state index >= 15 is 0 Å². The molecule has 2 aliphatic rings. The smallest absolute Gasteiger partial charge is 0.236 e. The molecule has 1 unspecified atom stereocenters. The van der Waals surface area contributed by atoms with Crippen LogP contribution in [0, 0.1) is 5.92 Å². The van der Waals surface area contributed by atoms with Crippen molar-refractivity contribution in [2.75, 3.05) is 57.3 Å². The minimum Gasteiger partial charge on any atom is -0.342 e. The molecule has 2 fully saturated rings. The lowest BCUT2D eigenvalue weighted by Crippen LogP contribution is -2.43. The van der Waals surface area contributed by atoms with Crippen LogP contribution in [0.15, 0.2) is 24.3 Å². The number of hydrogen-bond donors (Lipinski definition) is 0. The van der Waals surface area contributed by atoms with Crippen LogP contribution >= 0.6 is 0 Å². The highest BCUT2D eigenvalue weighted by Gasteiger charge is 2.38. The summed E-state index contributed by atoms with van der Waals surface area (Å²) in [7, 11) is 0. The Balaban J connectivity index is 1.58. The number of rotatable bonds is 7. The van der Waals surface area contributed by atoms with Gasteiger partial charge in [-0.15, -0.1) is 0 Å². The van der Waals surface area contributed by atoms with Crippen LogP contribution in [0.2, 0.25) is 0 Å². The zero-order valence-corrected chi connectivity index (χ0v) is 19.2. The van der Waals surface area contributed by atoms with E-state index in [4.69, 9.17) is 0 Å². The molecule has 0 bridgehead atoms. The number of amides is 3. The Hall–Kier alpha value is -2.41. The number of para-hydroxylation sites is 1. The molecule has 31 heavy (non-hydrogen) atoms. The molecule has 3 amide bonds. The van der Waals surface area contributed by atoms with Gasteiger partial charge in [-0.25, -0.2) is 0 Å². The number of carbonyl (C=O) groups excluding carboxylic acids is 3. The molecule has 7 nitrogen and oxygen atoms in total. The molecule has 3 rings (SSSR count). The summed E-state index contributed by atoms with van der Waals surface area (Å²) in [5.41, 5.74) is 2.06. The summed E-state index contributed by atoms with van der Waals surface area (Å²) in [4.78, 5) is 46.0. The van der Waals surface area contributed by atoms with Crippen LogP contribution < -0.4 is 4.90 Å². The second-order valence-corrected chi connectivity index (χ2v) is 8.41. The number of carbonyl (C=O) groups is 3. The monoisotopic (exact) mass is 428 g/mol. The second kappa shape index (κ2) is 10.8. The van der Waals surface area contributed by atoms with Gasteiger partial charge in [-0.05, 0) is 38.3 Å². The van der Waals surface area contributed by atoms with E-state index < -0.39 is 0 Å². The SMILES string of the molecule is CCc1ccccc1N1CC(C(=O)N2CCCN(CC(=O)N(CC)CC)CC2)CC1=O. The molecule has 7 heteroatoms. The molecule has 0 spiro atoms. The molecular formula is C24H36N4O3. The standard InChI is InChI=1S/C24H36N4O3/c1-4-19-10-7-8-11-21(19)28-17-20(16-22(28)29)24(31)27-13-9-12-25(14-15-27)18-23(30)26(5-2)6-3/h7-8,10-11,20H,4-6,9,12-18H2,1-3H3. The molecule has 0 saturated carbocycles. The normalized spacial score (nSPS) is 20.1. The zero-order valence-electron chi connectivity index (χ0n) is 19.2. The van der Waals surface area contributed by atoms with Crippen LogP contribution in [-0.4, -0.2) is 84.8 Å². The maximum absolute atomic E-state index is 13.2. The highest BCUT2D eigenvalue weighted by Crippen LogP contribution is 2.29. The van der Waals surface area contributed by atoms with Crippen molar-refractivity contribution in [1.82, 2.24) is 14.7 Å². The zero-order chi connectivity index (χ0) is 22.4. The fourth-order valence-electron chi connectivity index (χ4n) is 4.65. The molecular weight excluding hydrogens is 392 g/mol. The van der Waals surface area contributed by atoms with Gasteiger partial charge in [0.05, 0.1) is 12.5 Å². The molecule has 170 valence electrons. The lowest BCUT2D eigenvalue weighted by molar-refractivity contribution is -0.135. The van der Waals surface area contributed by atoms with Gasteiger partial charge >= 0.3 is 0 Å². The van der Waals surface area contributed by atoms with Gasteiger partial charge in [0.1, 0.15) is 0 Å². The Morgan fingerprint density at radius 2 is 1.77 bits per heavy atom. The third-order valence-corrected chi connectivity index (χ3v) is 6.51. The number of nitrogens with zero attached hydrogens (tertiary/aromatic N) is 4. The van der Waals surface area contributed by atoms with Crippen molar-refractivity contribution in [2.45, 2.75) is 40.0 Å². The van der Waals surface area contributed by atoms with E-state index in [1.54, 1.807) is 4.90 Å². The van der Waals surface area contributed by atoms with Crippen molar-refractivity contribution in [3.8, 4) is 0 Å². The summed E-state index contributed by atoms with van der Waals surface area (Å²) in [6.07, 6.45) is 1.98. The number of likely N-dealkylation sites (N-methyl/N-ethyl adjacent to an activating group) is 1. The van der Waals surface area contributed by atoms with Crippen molar-refractivity contribution >= 4 is 23.4 Å². The highest BCUT2D eigenvalue weighted by atomic mass is 16.2. The Labute approximate surface area is 186 Å². The minimum absolute atomic E-state index is 0.0283. The molecule has 0 radical (unpaired) electrons. The molecule has 1 aromatic rings. The summed E-state index contributed by atoms with van der Waals surface area (Å²) in [6, 6.07) is 7.94. The van der Waals surface area contributed by atoms with Crippen LogP contribution in [0.25, 0.3) is 0 Å². The summed E-state index contributed by atoms with van der Waals surface area (Å²) < 4.78 is 0. The fourth-order valence-corrected chi connectivity index (χ4v) is 4.65. The van der Waals surface area contributed by atoms with Crippen LogP contribution in [0.5, 0.6) is 0 Å². The molecule has 2 aliphatic heterocycles. The first-order chi connectivity index (χ1) is 15.0. The molecule has 0 aliphatic carbocycles. The molecule has 2 heterocycles. The molecule has 0 N–H and O–H groups in total. The predicted molar refractivity (Wildman–Crippen MR) is 122 cm³/mol. The maximum Gasteiger partial charge on any atom is 0.236 e. The number of anilines is 1. The second-order valence-electron chi connectivity index (χ2n) is 8.41. The topological polar surface area (TPSA) is 64.2 Å². The molecule has 2 saturated heterocycles. The average Bonchev–Trinajstić information content (AvgIpc) is 3.01. The van der Waals surface area contributed by atoms with Gasteiger partial charge in [0.25, 0.3) is 0 Å². The lowest BCUT2D eigenvalue weighted by Gasteiger charge is -2.26. The van der Waals surface area contributed by atoms with Gasteiger partial charge in [0, 0.05) is 57.9 Å². The number of aryl methyl sites for hydroxylation is 1. The van der Waals surface area contributed by atoms with Crippen LogP contribution in [0.3, 0.4) is 0 Å². The van der Waals surface area contributed by atoms with Crippen LogP contribution in [-0.2, 0) is 20.8 Å². The maximum atomic E-state index is 13.2. The quantitative estimate of drug-likeness (QED) is 0.666. The summed E-state index contributed by atoms with van der Waals surface area (Å²) in [5.74, 6) is -0.0417. The van der Waals surface area contributed by atoms with Crippen molar-refractivity contribution in [2.24, 2.45) is 5.92 Å². The largest absolute Gasteiger partial charge is 0.342 e. The van der Waals surface area contributed by atoms with E-state index in [1.807, 2.05) is 47.9 Å². The Morgan fingerprint density at radius 3 is 2.48 bits per heavy atom. The van der Waals surface area contributed by atoms with E-state index in [-0.39, 0.29) is 30.1 Å². The van der Waals surface area contributed by atoms with Gasteiger partial charge in [0.2, 0.25) is 17.7 Å². The summed E-state index contributed by atoms with van der Waals surface area (Å²) in [5, 5.41) is 0. The van der Waals surface area contributed by atoms with Gasteiger partial charge in [-0.1, -0.05) is 25.1 Å². The van der Waals surface area contributed by atoms with Crippen molar-refractivity contribution < 1.29 is 14.4 Å². The fraction of sp³-hybridized carbons (Fsp3) is 0.625. The highest BCUT2D eigenvalue weighted by molar-refractivity contribution is 6.00. The Kier molecular flexibility index (Phi) is 8.07. The van der Waals surface area contributed by atoms with E-state index in [1.165, 1.54) is 0 Å². The predicted octanol–water partition coefficient (Wildman–Crippen LogP) is 2.00. The average molecular weight is 429 g/mol. The minimum atomic E-state index is -0.290. The third kappa shape index (κ3) is 5.45. The van der Waals surface area contributed by atoms with Crippen LogP contribution in [0.4, 0.5) is 5.69 Å². The van der Waals surface area contributed by atoms with Gasteiger partial charge in [-0.2, -0.15) is 0 Å². The first kappa shape index (κ1) is 23.3. The Morgan fingerprint density at radius 1 is 1.03 bits per heavy atom. The molecule has 0 aromatic heterocycles. The van der Waals surface area contributed by atoms with Gasteiger partial charge in [0.15, 0.2) is 0 Å². The van der Waals surface area contributed by atoms with E-state index in [9.17, 15) is 14.4 Å². The van der Waals surface area contributed by atoms with Crippen LogP contribution in [0.1, 0.15) is 39.2 Å². The number of benzene rings is 1. The third-order valence-electron chi connectivity index (χ3n) is 6.51. The van der Waals surface area contributed by atoms with E-state index in [0.717, 1.165) is 43.7 Å². The Bertz CT molecular complexity index is 793. The van der Waals surface area contributed by atoms with Crippen molar-refractivity contribution in [1.29, 1.82) is 0 Å². The first-order valence-electron chi connectivity index (χ1n) is 11.7. The van der Waals surface area contributed by atoms with Gasteiger partial charge < -0.3 is 14.7 Å². The summed E-state index contributed by atoms with van der Waals surface area (Å²) >= 11 is 0. The molecule has 1 aromatic carbocycles. The van der Waals surface area contributed by atoms with Crippen molar-refractivity contribution in [3.05, 3.63) is 29.8 Å². The first-order valence-corrected chi connectivity index (χ1v) is 11.7. The molecule has 1 atom stereocenters. The van der Waals surface area contributed by atoms with E-state index in [0.29, 0.717) is 32.7 Å².